The van der Waals surface area contributed by atoms with E-state index in [4.69, 9.17) is 10.5 Å². The molecule has 1 aliphatic heterocycles. The number of amides is 2. The van der Waals surface area contributed by atoms with Gasteiger partial charge in [0.05, 0.1) is 34.4 Å². The van der Waals surface area contributed by atoms with Crippen molar-refractivity contribution in [3.05, 3.63) is 64.2 Å². The highest BCUT2D eigenvalue weighted by molar-refractivity contribution is 5.91. The number of alkyl halides is 9. The van der Waals surface area contributed by atoms with Gasteiger partial charge in [0.25, 0.3) is 0 Å². The molecule has 0 fully saturated rings. The van der Waals surface area contributed by atoms with Crippen LogP contribution in [-0.2, 0) is 28.1 Å². The molecule has 0 spiro atoms. The molecule has 0 saturated carbocycles. The van der Waals surface area contributed by atoms with Gasteiger partial charge in [-0.25, -0.2) is 4.79 Å². The van der Waals surface area contributed by atoms with E-state index in [1.54, 1.807) is 0 Å². The number of nitrogens with zero attached hydrogens (tertiary/aromatic N) is 1. The van der Waals surface area contributed by atoms with E-state index in [1.807, 2.05) is 0 Å². The number of fused-ring (bicyclic) bond motifs is 1. The molecular weight excluding hydrogens is 547 g/mol. The van der Waals surface area contributed by atoms with E-state index in [1.165, 1.54) is 20.8 Å². The van der Waals surface area contributed by atoms with Crippen molar-refractivity contribution in [3.63, 3.8) is 0 Å². The van der Waals surface area contributed by atoms with Crippen LogP contribution >= 0.6 is 0 Å². The first-order valence-electron chi connectivity index (χ1n) is 11.5. The van der Waals surface area contributed by atoms with Crippen molar-refractivity contribution in [2.75, 3.05) is 4.90 Å². The second kappa shape index (κ2) is 10.3. The summed E-state index contributed by atoms with van der Waals surface area (Å²) < 4.78 is 127. The van der Waals surface area contributed by atoms with Gasteiger partial charge in [0.1, 0.15) is 0 Å². The van der Waals surface area contributed by atoms with Crippen LogP contribution in [0.25, 0.3) is 0 Å². The molecule has 2 aromatic rings. The highest BCUT2D eigenvalue weighted by Crippen LogP contribution is 2.49. The van der Waals surface area contributed by atoms with E-state index in [0.29, 0.717) is 24.3 Å². The van der Waals surface area contributed by atoms with Crippen LogP contribution < -0.4 is 10.6 Å². The van der Waals surface area contributed by atoms with E-state index in [0.717, 1.165) is 11.0 Å². The van der Waals surface area contributed by atoms with E-state index in [2.05, 4.69) is 0 Å². The number of rotatable bonds is 4. The summed E-state index contributed by atoms with van der Waals surface area (Å²) in [5, 5.41) is 0. The number of carbonyl (C=O) groups is 2. The fourth-order valence-electron chi connectivity index (χ4n) is 4.69. The van der Waals surface area contributed by atoms with Crippen LogP contribution in [0.3, 0.4) is 0 Å². The van der Waals surface area contributed by atoms with Crippen molar-refractivity contribution < 1.29 is 53.8 Å². The standard InChI is InChI=1S/C25H23F9N2O3/c1-11(2)39-22(38)36-12(3)6-18(17-10-14(23(26,27)28)4-5-19(17)36)20(21(35)37)13-7-15(24(29,30)31)9-16(8-13)25(32,33)34/h4-5,7-12,18,20H,6H2,1-3H3,(H2,35,37). The van der Waals surface area contributed by atoms with E-state index in [9.17, 15) is 49.1 Å². The molecule has 0 saturated heterocycles. The number of hydrogen-bond donors (Lipinski definition) is 1. The lowest BCUT2D eigenvalue weighted by Crippen LogP contribution is -2.46. The van der Waals surface area contributed by atoms with Crippen LogP contribution in [0.1, 0.15) is 66.8 Å². The number of halogens is 9. The van der Waals surface area contributed by atoms with Gasteiger partial charge in [-0.1, -0.05) is 0 Å². The number of primary amides is 1. The molecule has 0 radical (unpaired) electrons. The van der Waals surface area contributed by atoms with Gasteiger partial charge in [0.2, 0.25) is 5.91 Å². The number of hydrogen-bond acceptors (Lipinski definition) is 3. The molecule has 0 aromatic heterocycles. The Hall–Kier alpha value is -3.45. The number of anilines is 1. The topological polar surface area (TPSA) is 72.6 Å². The van der Waals surface area contributed by atoms with Gasteiger partial charge in [0, 0.05) is 12.0 Å². The molecule has 1 aliphatic rings. The Bertz CT molecular complexity index is 1220. The van der Waals surface area contributed by atoms with Gasteiger partial charge >= 0.3 is 24.6 Å². The molecule has 5 nitrogen and oxygen atoms in total. The molecule has 14 heteroatoms. The normalized spacial score (nSPS) is 19.1. The quantitative estimate of drug-likeness (QED) is 0.394. The van der Waals surface area contributed by atoms with Crippen LogP contribution in [-0.4, -0.2) is 24.1 Å². The van der Waals surface area contributed by atoms with Crippen LogP contribution in [0.5, 0.6) is 0 Å². The van der Waals surface area contributed by atoms with Gasteiger partial charge in [-0.2, -0.15) is 39.5 Å². The van der Waals surface area contributed by atoms with Crippen molar-refractivity contribution in [3.8, 4) is 0 Å². The fourth-order valence-corrected chi connectivity index (χ4v) is 4.69. The molecule has 3 rings (SSSR count). The maximum atomic E-state index is 13.6. The van der Waals surface area contributed by atoms with Gasteiger partial charge in [0.15, 0.2) is 0 Å². The van der Waals surface area contributed by atoms with Gasteiger partial charge in [-0.05, 0) is 74.7 Å². The third-order valence-corrected chi connectivity index (χ3v) is 6.26. The molecule has 39 heavy (non-hydrogen) atoms. The Morgan fingerprint density at radius 2 is 1.38 bits per heavy atom. The second-order valence-corrected chi connectivity index (χ2v) is 9.48. The van der Waals surface area contributed by atoms with E-state index >= 15 is 0 Å². The summed E-state index contributed by atoms with van der Waals surface area (Å²) in [6, 6.07) is 1.83. The zero-order chi connectivity index (χ0) is 29.7. The minimum atomic E-state index is -5.24. The number of nitrogens with two attached hydrogens (primary N) is 1. The lowest BCUT2D eigenvalue weighted by Gasteiger charge is -2.41. The van der Waals surface area contributed by atoms with Gasteiger partial charge in [-0.15, -0.1) is 0 Å². The summed E-state index contributed by atoms with van der Waals surface area (Å²) in [7, 11) is 0. The molecule has 214 valence electrons. The van der Waals surface area contributed by atoms with Crippen LogP contribution in [0.4, 0.5) is 50.0 Å². The Kier molecular flexibility index (Phi) is 7.92. The third-order valence-electron chi connectivity index (χ3n) is 6.26. The largest absolute Gasteiger partial charge is 0.446 e. The van der Waals surface area contributed by atoms with Crippen molar-refractivity contribution in [1.29, 1.82) is 0 Å². The summed E-state index contributed by atoms with van der Waals surface area (Å²) in [6.07, 6.45) is -17.3. The fraction of sp³-hybridized carbons (Fsp3) is 0.440. The summed E-state index contributed by atoms with van der Waals surface area (Å²) in [5.41, 5.74) is -0.388. The predicted octanol–water partition coefficient (Wildman–Crippen LogP) is 7.24. The monoisotopic (exact) mass is 570 g/mol. The second-order valence-electron chi connectivity index (χ2n) is 9.48. The molecule has 3 unspecified atom stereocenters. The first-order valence-corrected chi connectivity index (χ1v) is 11.5. The molecule has 3 atom stereocenters. The average Bonchev–Trinajstić information content (AvgIpc) is 2.76. The lowest BCUT2D eigenvalue weighted by molar-refractivity contribution is -0.143. The Morgan fingerprint density at radius 3 is 1.82 bits per heavy atom. The minimum absolute atomic E-state index is 0.135. The highest BCUT2D eigenvalue weighted by atomic mass is 19.4. The molecule has 0 bridgehead atoms. The van der Waals surface area contributed by atoms with E-state index < -0.39 is 76.8 Å². The van der Waals surface area contributed by atoms with Crippen LogP contribution in [0, 0.1) is 0 Å². The maximum Gasteiger partial charge on any atom is 0.416 e. The molecule has 2 aromatic carbocycles. The Labute approximate surface area is 216 Å². The Morgan fingerprint density at radius 1 is 0.872 bits per heavy atom. The van der Waals surface area contributed by atoms with Crippen molar-refractivity contribution in [1.82, 2.24) is 0 Å². The zero-order valence-corrected chi connectivity index (χ0v) is 20.6. The average molecular weight is 570 g/mol. The molecular formula is C25H23F9N2O3. The SMILES string of the molecule is CC(C)OC(=O)N1c2ccc(C(F)(F)F)cc2C(C(C(N)=O)c2cc(C(F)(F)F)cc(C(F)(F)F)c2)CC1C. The predicted molar refractivity (Wildman–Crippen MR) is 121 cm³/mol. The van der Waals surface area contributed by atoms with Crippen molar-refractivity contribution >= 4 is 17.7 Å². The third kappa shape index (κ3) is 6.41. The summed E-state index contributed by atoms with van der Waals surface area (Å²) in [4.78, 5) is 26.4. The van der Waals surface area contributed by atoms with E-state index in [-0.39, 0.29) is 23.7 Å². The first-order chi connectivity index (χ1) is 17.7. The molecule has 2 amide bonds. The van der Waals surface area contributed by atoms with Gasteiger partial charge in [-0.3, -0.25) is 9.69 Å². The number of benzene rings is 2. The molecule has 1 heterocycles. The number of carbonyl (C=O) groups excluding carboxylic acids is 2. The molecule has 0 aliphatic carbocycles. The van der Waals surface area contributed by atoms with Crippen molar-refractivity contribution in [2.45, 2.75) is 69.7 Å². The first kappa shape index (κ1) is 30.1. The lowest BCUT2D eigenvalue weighted by atomic mass is 9.73. The van der Waals surface area contributed by atoms with Crippen molar-refractivity contribution in [2.24, 2.45) is 5.73 Å². The maximum absolute atomic E-state index is 13.6. The minimum Gasteiger partial charge on any atom is -0.446 e. The molecule has 2 N–H and O–H groups in total. The Balaban J connectivity index is 2.29. The summed E-state index contributed by atoms with van der Waals surface area (Å²) in [6.45, 7) is 4.50. The van der Waals surface area contributed by atoms with Gasteiger partial charge < -0.3 is 10.5 Å². The van der Waals surface area contributed by atoms with Crippen LogP contribution in [0.15, 0.2) is 36.4 Å². The van der Waals surface area contributed by atoms with Crippen LogP contribution in [0.2, 0.25) is 0 Å². The summed E-state index contributed by atoms with van der Waals surface area (Å²) >= 11 is 0. The number of ether oxygens (including phenoxy) is 1. The summed E-state index contributed by atoms with van der Waals surface area (Å²) in [5.74, 6) is -4.68. The highest BCUT2D eigenvalue weighted by Gasteiger charge is 2.44. The smallest absolute Gasteiger partial charge is 0.416 e. The zero-order valence-electron chi connectivity index (χ0n) is 20.6.